The van der Waals surface area contributed by atoms with Gasteiger partial charge in [-0.05, 0) is 18.8 Å². The average molecular weight is 201 g/mol. The van der Waals surface area contributed by atoms with E-state index in [2.05, 4.69) is 11.6 Å². The van der Waals surface area contributed by atoms with Crippen molar-refractivity contribution in [1.29, 1.82) is 0 Å². The zero-order valence-electron chi connectivity index (χ0n) is 6.82. The summed E-state index contributed by atoms with van der Waals surface area (Å²) in [6.45, 7) is 0. The van der Waals surface area contributed by atoms with Crippen molar-refractivity contribution in [2.24, 2.45) is 0 Å². The molecule has 0 saturated carbocycles. The van der Waals surface area contributed by atoms with Gasteiger partial charge in [-0.15, -0.1) is 23.5 Å². The fraction of sp³-hybridized carbons (Fsp3) is 0.625. The van der Waals surface area contributed by atoms with Gasteiger partial charge in [0.25, 0.3) is 0 Å². The molecule has 0 amide bonds. The van der Waals surface area contributed by atoms with Crippen LogP contribution in [0.15, 0.2) is 12.2 Å². The molecule has 1 heterocycles. The van der Waals surface area contributed by atoms with Gasteiger partial charge >= 0.3 is 0 Å². The Hall–Kier alpha value is 0.0700. The van der Waals surface area contributed by atoms with E-state index in [-0.39, 0.29) is 11.0 Å². The van der Waals surface area contributed by atoms with Gasteiger partial charge in [0.15, 0.2) is 5.78 Å². The Labute approximate surface area is 80.6 Å². The molecule has 3 atom stereocenters. The van der Waals surface area contributed by atoms with Crippen molar-refractivity contribution in [2.75, 3.05) is 6.26 Å². The van der Waals surface area contributed by atoms with E-state index in [1.807, 2.05) is 6.08 Å². The minimum Gasteiger partial charge on any atom is -0.294 e. The lowest BCUT2D eigenvalue weighted by Crippen LogP contribution is -2.37. The van der Waals surface area contributed by atoms with Crippen molar-refractivity contribution < 1.29 is 4.79 Å². The normalized spacial score (nSPS) is 40.1. The summed E-state index contributed by atoms with van der Waals surface area (Å²) in [5, 5.41) is 3.60. The molecule has 3 unspecified atom stereocenters. The average Bonchev–Trinajstić information content (AvgIpc) is 2.49. The number of hydrogen-bond acceptors (Lipinski definition) is 4. The molecule has 1 aliphatic heterocycles. The number of nitrogens with one attached hydrogen (secondary N) is 1. The third-order valence-corrected chi connectivity index (χ3v) is 4.86. The van der Waals surface area contributed by atoms with Crippen LogP contribution in [-0.4, -0.2) is 28.0 Å². The van der Waals surface area contributed by atoms with Crippen LogP contribution in [0, 0.1) is 0 Å². The lowest BCUT2D eigenvalue weighted by atomic mass is 10.0. The molecule has 66 valence electrons. The van der Waals surface area contributed by atoms with E-state index in [0.29, 0.717) is 10.7 Å². The molecule has 1 N–H and O–H groups in total. The van der Waals surface area contributed by atoms with Gasteiger partial charge < -0.3 is 0 Å². The molecule has 0 aromatic rings. The number of thioether (sulfide) groups is 2. The number of carbonyl (C=O) groups excluding carboxylic acids is 1. The monoisotopic (exact) mass is 201 g/mol. The maximum Gasteiger partial charge on any atom is 0.169 e. The quantitative estimate of drug-likeness (QED) is 0.691. The Morgan fingerprint density at radius 1 is 1.75 bits per heavy atom. The van der Waals surface area contributed by atoms with Gasteiger partial charge in [-0.2, -0.15) is 0 Å². The summed E-state index contributed by atoms with van der Waals surface area (Å²) in [4.78, 5) is 11.4. The van der Waals surface area contributed by atoms with Gasteiger partial charge in [-0.3, -0.25) is 10.1 Å². The zero-order valence-corrected chi connectivity index (χ0v) is 8.45. The lowest BCUT2D eigenvalue weighted by molar-refractivity contribution is -0.114. The molecule has 2 rings (SSSR count). The first-order chi connectivity index (χ1) is 5.81. The molecule has 0 bridgehead atoms. The van der Waals surface area contributed by atoms with Gasteiger partial charge in [0.05, 0.1) is 5.25 Å². The molecule has 0 radical (unpaired) electrons. The SMILES string of the molecule is CSC1NC2CC=CC(=O)C2S1. The van der Waals surface area contributed by atoms with Gasteiger partial charge in [0.2, 0.25) is 0 Å². The standard InChI is InChI=1S/C8H11NOS2/c1-11-8-9-5-3-2-4-6(10)7(5)12-8/h2,4-5,7-9H,3H2,1H3. The molecule has 0 aromatic heterocycles. The molecular formula is C8H11NOS2. The molecular weight excluding hydrogens is 190 g/mol. The Kier molecular flexibility index (Phi) is 2.48. The fourth-order valence-corrected chi connectivity index (χ4v) is 3.76. The first-order valence-corrected chi connectivity index (χ1v) is 6.19. The number of carbonyl (C=O) groups is 1. The highest BCUT2D eigenvalue weighted by atomic mass is 32.2. The van der Waals surface area contributed by atoms with Crippen LogP contribution in [0.1, 0.15) is 6.42 Å². The maximum atomic E-state index is 11.4. The molecule has 1 saturated heterocycles. The second-order valence-corrected chi connectivity index (χ2v) is 5.43. The first-order valence-electron chi connectivity index (χ1n) is 3.96. The van der Waals surface area contributed by atoms with E-state index in [9.17, 15) is 4.79 Å². The summed E-state index contributed by atoms with van der Waals surface area (Å²) in [5.41, 5.74) is 0. The van der Waals surface area contributed by atoms with Crippen molar-refractivity contribution in [3.63, 3.8) is 0 Å². The molecule has 2 nitrogen and oxygen atoms in total. The second-order valence-electron chi connectivity index (χ2n) is 2.94. The lowest BCUT2D eigenvalue weighted by Gasteiger charge is -2.17. The topological polar surface area (TPSA) is 29.1 Å². The van der Waals surface area contributed by atoms with Gasteiger partial charge in [0, 0.05) is 6.04 Å². The van der Waals surface area contributed by atoms with Gasteiger partial charge in [0.1, 0.15) is 4.71 Å². The third-order valence-electron chi connectivity index (χ3n) is 2.15. The van der Waals surface area contributed by atoms with Crippen molar-refractivity contribution in [1.82, 2.24) is 5.32 Å². The van der Waals surface area contributed by atoms with Crippen LogP contribution >= 0.6 is 23.5 Å². The molecule has 1 fully saturated rings. The van der Waals surface area contributed by atoms with E-state index >= 15 is 0 Å². The molecule has 1 aliphatic carbocycles. The third kappa shape index (κ3) is 1.43. The van der Waals surface area contributed by atoms with E-state index in [1.165, 1.54) is 0 Å². The maximum absolute atomic E-state index is 11.4. The van der Waals surface area contributed by atoms with Crippen LogP contribution in [0.5, 0.6) is 0 Å². The predicted octanol–water partition coefficient (Wildman–Crippen LogP) is 1.24. The first kappa shape index (κ1) is 8.66. The summed E-state index contributed by atoms with van der Waals surface area (Å²) in [6, 6.07) is 0.380. The van der Waals surface area contributed by atoms with E-state index in [1.54, 1.807) is 29.6 Å². The smallest absolute Gasteiger partial charge is 0.169 e. The Balaban J connectivity index is 2.09. The zero-order chi connectivity index (χ0) is 8.55. The van der Waals surface area contributed by atoms with Gasteiger partial charge in [-0.1, -0.05) is 6.08 Å². The number of fused-ring (bicyclic) bond motifs is 1. The van der Waals surface area contributed by atoms with Crippen molar-refractivity contribution >= 4 is 29.3 Å². The number of allylic oxidation sites excluding steroid dienone is 1. The minimum atomic E-state index is 0.174. The van der Waals surface area contributed by atoms with E-state index < -0.39 is 0 Å². The highest BCUT2D eigenvalue weighted by Gasteiger charge is 2.38. The van der Waals surface area contributed by atoms with Crippen LogP contribution in [0.4, 0.5) is 0 Å². The van der Waals surface area contributed by atoms with E-state index in [4.69, 9.17) is 0 Å². The van der Waals surface area contributed by atoms with Crippen molar-refractivity contribution in [2.45, 2.75) is 22.4 Å². The van der Waals surface area contributed by atoms with Crippen LogP contribution in [0.3, 0.4) is 0 Å². The Morgan fingerprint density at radius 3 is 3.25 bits per heavy atom. The second kappa shape index (κ2) is 3.44. The number of rotatable bonds is 1. The van der Waals surface area contributed by atoms with Crippen molar-refractivity contribution in [3.8, 4) is 0 Å². The Morgan fingerprint density at radius 2 is 2.58 bits per heavy atom. The van der Waals surface area contributed by atoms with Crippen LogP contribution in [0.2, 0.25) is 0 Å². The fourth-order valence-electron chi connectivity index (χ4n) is 1.54. The van der Waals surface area contributed by atoms with Crippen LogP contribution in [-0.2, 0) is 4.79 Å². The summed E-state index contributed by atoms with van der Waals surface area (Å²) in [7, 11) is 0. The number of hydrogen-bond donors (Lipinski definition) is 1. The highest BCUT2D eigenvalue weighted by Crippen LogP contribution is 2.36. The molecule has 12 heavy (non-hydrogen) atoms. The number of ketones is 1. The summed E-state index contributed by atoms with van der Waals surface area (Å²) >= 11 is 3.53. The van der Waals surface area contributed by atoms with E-state index in [0.717, 1.165) is 6.42 Å². The predicted molar refractivity (Wildman–Crippen MR) is 54.4 cm³/mol. The summed E-state index contributed by atoms with van der Waals surface area (Å²) < 4.78 is 0.406. The molecule has 2 aliphatic rings. The largest absolute Gasteiger partial charge is 0.294 e. The van der Waals surface area contributed by atoms with Crippen LogP contribution in [0.25, 0.3) is 0 Å². The Bertz CT molecular complexity index is 229. The molecule has 0 aromatic carbocycles. The van der Waals surface area contributed by atoms with Gasteiger partial charge in [-0.25, -0.2) is 0 Å². The molecule has 4 heteroatoms. The summed E-state index contributed by atoms with van der Waals surface area (Å²) in [6.07, 6.45) is 6.76. The molecule has 0 spiro atoms. The minimum absolute atomic E-state index is 0.174. The highest BCUT2D eigenvalue weighted by molar-refractivity contribution is 8.17. The van der Waals surface area contributed by atoms with Crippen LogP contribution < -0.4 is 5.32 Å². The van der Waals surface area contributed by atoms with Crippen molar-refractivity contribution in [3.05, 3.63) is 12.2 Å². The summed E-state index contributed by atoms with van der Waals surface area (Å²) in [5.74, 6) is 0.278.